The molecule has 172 valence electrons. The summed E-state index contributed by atoms with van der Waals surface area (Å²) in [6, 6.07) is 24.0. The van der Waals surface area contributed by atoms with E-state index in [1.807, 2.05) is 66.7 Å². The van der Waals surface area contributed by atoms with E-state index in [1.54, 1.807) is 18.3 Å². The molecular formula is C25H21ClN4O3S. The minimum absolute atomic E-state index is 0.0464. The number of amides is 2. The summed E-state index contributed by atoms with van der Waals surface area (Å²) in [6.07, 6.45) is 1.63. The fourth-order valence-electron chi connectivity index (χ4n) is 3.08. The molecule has 0 bridgehead atoms. The van der Waals surface area contributed by atoms with E-state index in [2.05, 4.69) is 20.8 Å². The van der Waals surface area contributed by atoms with Gasteiger partial charge in [-0.15, -0.1) is 5.10 Å². The molecular weight excluding hydrogens is 472 g/mol. The Labute approximate surface area is 206 Å². The molecule has 1 saturated heterocycles. The summed E-state index contributed by atoms with van der Waals surface area (Å²) in [5.74, 6) is 0.225. The van der Waals surface area contributed by atoms with Crippen molar-refractivity contribution in [3.63, 3.8) is 0 Å². The second kappa shape index (κ2) is 11.5. The number of nitrogens with zero attached hydrogens (tertiary/aromatic N) is 2. The summed E-state index contributed by atoms with van der Waals surface area (Å²) in [7, 11) is 0. The van der Waals surface area contributed by atoms with E-state index in [-0.39, 0.29) is 18.2 Å². The largest absolute Gasteiger partial charge is 0.489 e. The molecule has 34 heavy (non-hydrogen) atoms. The van der Waals surface area contributed by atoms with Crippen LogP contribution < -0.4 is 15.4 Å². The number of carbonyl (C=O) groups is 2. The first kappa shape index (κ1) is 23.5. The Morgan fingerprint density at radius 2 is 1.88 bits per heavy atom. The summed E-state index contributed by atoms with van der Waals surface area (Å²) in [4.78, 5) is 24.4. The zero-order chi connectivity index (χ0) is 23.8. The third kappa shape index (κ3) is 6.94. The van der Waals surface area contributed by atoms with Gasteiger partial charge in [-0.2, -0.15) is 5.10 Å². The molecule has 0 radical (unpaired) electrons. The Hall–Kier alpha value is -3.62. The lowest BCUT2D eigenvalue weighted by molar-refractivity contribution is -0.122. The number of halogens is 1. The number of para-hydroxylation sites is 1. The van der Waals surface area contributed by atoms with Crippen LogP contribution in [0.4, 0.5) is 5.69 Å². The number of benzene rings is 3. The zero-order valence-corrected chi connectivity index (χ0v) is 19.6. The van der Waals surface area contributed by atoms with E-state index in [0.717, 1.165) is 16.9 Å². The van der Waals surface area contributed by atoms with Gasteiger partial charge < -0.3 is 15.4 Å². The van der Waals surface area contributed by atoms with Crippen molar-refractivity contribution >= 4 is 52.2 Å². The van der Waals surface area contributed by atoms with E-state index in [0.29, 0.717) is 22.5 Å². The third-order valence-electron chi connectivity index (χ3n) is 4.73. The second-order valence-electron chi connectivity index (χ2n) is 7.35. The number of nitrogens with one attached hydrogen (secondary N) is 2. The molecule has 2 N–H and O–H groups in total. The smallest absolute Gasteiger partial charge is 0.240 e. The van der Waals surface area contributed by atoms with Crippen LogP contribution >= 0.6 is 23.4 Å². The highest BCUT2D eigenvalue weighted by atomic mass is 35.5. The standard InChI is InChI=1S/C25H21ClN4O3S/c26-19-6-4-5-18(13-19)16-33-21-11-9-17(10-12-21)15-27-30-25-29-24(32)22(34-25)14-23(31)28-20-7-2-1-3-8-20/h1-13,15,22H,14,16H2,(H,28,31)(H,29,30,32)/b27-15-/t22-/m1/s1. The molecule has 1 atom stereocenters. The lowest BCUT2D eigenvalue weighted by Crippen LogP contribution is -2.28. The summed E-state index contributed by atoms with van der Waals surface area (Å²) in [5, 5.41) is 14.0. The van der Waals surface area contributed by atoms with Crippen LogP contribution in [0, 0.1) is 0 Å². The molecule has 4 rings (SSSR count). The lowest BCUT2D eigenvalue weighted by Gasteiger charge is -2.07. The van der Waals surface area contributed by atoms with Crippen molar-refractivity contribution in [2.24, 2.45) is 10.2 Å². The first-order chi connectivity index (χ1) is 16.5. The summed E-state index contributed by atoms with van der Waals surface area (Å²) < 4.78 is 5.77. The lowest BCUT2D eigenvalue weighted by atomic mass is 10.2. The molecule has 1 fully saturated rings. The molecule has 0 aromatic heterocycles. The van der Waals surface area contributed by atoms with E-state index in [4.69, 9.17) is 16.3 Å². The number of hydrogen-bond acceptors (Lipinski definition) is 6. The molecule has 0 saturated carbocycles. The fourth-order valence-corrected chi connectivity index (χ4v) is 4.22. The molecule has 9 heteroatoms. The Balaban J connectivity index is 1.26. The number of carbonyl (C=O) groups excluding carboxylic acids is 2. The average Bonchev–Trinajstić information content (AvgIpc) is 3.18. The van der Waals surface area contributed by atoms with Crippen molar-refractivity contribution in [2.45, 2.75) is 18.3 Å². The van der Waals surface area contributed by atoms with E-state index < -0.39 is 5.25 Å². The number of thioether (sulfide) groups is 1. The molecule has 0 unspecified atom stereocenters. The van der Waals surface area contributed by atoms with Gasteiger partial charge in [0.2, 0.25) is 11.8 Å². The number of rotatable bonds is 8. The summed E-state index contributed by atoms with van der Waals surface area (Å²) >= 11 is 7.17. The maximum absolute atomic E-state index is 12.2. The van der Waals surface area contributed by atoms with Crippen LogP contribution in [0.25, 0.3) is 0 Å². The molecule has 0 spiro atoms. The number of anilines is 1. The van der Waals surface area contributed by atoms with Crippen LogP contribution in [0.1, 0.15) is 17.5 Å². The van der Waals surface area contributed by atoms with Crippen LogP contribution in [-0.2, 0) is 16.2 Å². The first-order valence-corrected chi connectivity index (χ1v) is 11.7. The van der Waals surface area contributed by atoms with Gasteiger partial charge in [0.05, 0.1) is 6.21 Å². The highest BCUT2D eigenvalue weighted by molar-refractivity contribution is 8.15. The van der Waals surface area contributed by atoms with E-state index in [9.17, 15) is 9.59 Å². The quantitative estimate of drug-likeness (QED) is 0.346. The molecule has 1 heterocycles. The SMILES string of the molecule is O=C(C[C@H]1S/C(=N\N=C/c2ccc(OCc3cccc(Cl)c3)cc2)NC1=O)Nc1ccccc1. The molecule has 0 aliphatic carbocycles. The predicted molar refractivity (Wildman–Crippen MR) is 136 cm³/mol. The van der Waals surface area contributed by atoms with E-state index in [1.165, 1.54) is 11.8 Å². The molecule has 2 amide bonds. The number of hydrogen-bond donors (Lipinski definition) is 2. The van der Waals surface area contributed by atoms with Crippen molar-refractivity contribution in [3.05, 3.63) is 95.0 Å². The van der Waals surface area contributed by atoms with Gasteiger partial charge in [0.15, 0.2) is 5.17 Å². The second-order valence-corrected chi connectivity index (χ2v) is 8.98. The molecule has 3 aromatic carbocycles. The highest BCUT2D eigenvalue weighted by Gasteiger charge is 2.32. The van der Waals surface area contributed by atoms with E-state index >= 15 is 0 Å². The Morgan fingerprint density at radius 1 is 1.09 bits per heavy atom. The Morgan fingerprint density at radius 3 is 2.65 bits per heavy atom. The van der Waals surface area contributed by atoms with Gasteiger partial charge in [0, 0.05) is 17.1 Å². The van der Waals surface area contributed by atoms with Gasteiger partial charge in [0.25, 0.3) is 0 Å². The van der Waals surface area contributed by atoms with Crippen molar-refractivity contribution in [1.29, 1.82) is 0 Å². The van der Waals surface area contributed by atoms with Gasteiger partial charge in [0.1, 0.15) is 17.6 Å². The van der Waals surface area contributed by atoms with Gasteiger partial charge in [-0.05, 0) is 59.7 Å². The number of amidine groups is 1. The maximum Gasteiger partial charge on any atom is 0.240 e. The van der Waals surface area contributed by atoms with Crippen LogP contribution in [-0.4, -0.2) is 28.4 Å². The summed E-state index contributed by atoms with van der Waals surface area (Å²) in [5.41, 5.74) is 2.50. The molecule has 3 aromatic rings. The molecule has 1 aliphatic heterocycles. The van der Waals surface area contributed by atoms with Crippen LogP contribution in [0.3, 0.4) is 0 Å². The van der Waals surface area contributed by atoms with Gasteiger partial charge in [-0.25, -0.2) is 0 Å². The van der Waals surface area contributed by atoms with Crippen molar-refractivity contribution < 1.29 is 14.3 Å². The zero-order valence-electron chi connectivity index (χ0n) is 18.0. The molecule has 7 nitrogen and oxygen atoms in total. The highest BCUT2D eigenvalue weighted by Crippen LogP contribution is 2.23. The minimum Gasteiger partial charge on any atom is -0.489 e. The van der Waals surface area contributed by atoms with Crippen molar-refractivity contribution in [3.8, 4) is 5.75 Å². The topological polar surface area (TPSA) is 92.2 Å². The summed E-state index contributed by atoms with van der Waals surface area (Å²) in [6.45, 7) is 0.420. The Bertz CT molecular complexity index is 1220. The minimum atomic E-state index is -0.548. The Kier molecular flexibility index (Phi) is 7.95. The monoisotopic (exact) mass is 492 g/mol. The van der Waals surface area contributed by atoms with Gasteiger partial charge in [-0.3, -0.25) is 9.59 Å². The maximum atomic E-state index is 12.2. The molecule has 1 aliphatic rings. The average molecular weight is 493 g/mol. The number of ether oxygens (including phenoxy) is 1. The normalized spacial score (nSPS) is 16.6. The third-order valence-corrected chi connectivity index (χ3v) is 6.04. The van der Waals surface area contributed by atoms with Crippen LogP contribution in [0.15, 0.2) is 89.1 Å². The fraction of sp³-hybridized carbons (Fsp3) is 0.120. The van der Waals surface area contributed by atoms with Crippen LogP contribution in [0.5, 0.6) is 5.75 Å². The van der Waals surface area contributed by atoms with Crippen molar-refractivity contribution in [2.75, 3.05) is 5.32 Å². The van der Waals surface area contributed by atoms with Gasteiger partial charge >= 0.3 is 0 Å². The van der Waals surface area contributed by atoms with Crippen molar-refractivity contribution in [1.82, 2.24) is 5.32 Å². The van der Waals surface area contributed by atoms with Crippen LogP contribution in [0.2, 0.25) is 5.02 Å². The predicted octanol–water partition coefficient (Wildman–Crippen LogP) is 4.87. The van der Waals surface area contributed by atoms with Gasteiger partial charge in [-0.1, -0.05) is 53.7 Å². The first-order valence-electron chi connectivity index (χ1n) is 10.5.